The monoisotopic (exact) mass is 281 g/mol. The molecule has 0 radical (unpaired) electrons. The molecule has 0 unspecified atom stereocenters. The van der Waals surface area contributed by atoms with Crippen LogP contribution < -0.4 is 4.52 Å². The third-order valence-electron chi connectivity index (χ3n) is 1.48. The van der Waals surface area contributed by atoms with Crippen molar-refractivity contribution in [1.29, 1.82) is 0 Å². The largest absolute Gasteiger partial charge is 0.428 e. The molecule has 0 aromatic heterocycles. The van der Waals surface area contributed by atoms with Crippen molar-refractivity contribution in [2.75, 3.05) is 0 Å². The summed E-state index contributed by atoms with van der Waals surface area (Å²) in [6.45, 7) is 0. The van der Waals surface area contributed by atoms with E-state index in [-0.39, 0.29) is 5.75 Å². The highest BCUT2D eigenvalue weighted by molar-refractivity contribution is 8.05. The summed E-state index contributed by atoms with van der Waals surface area (Å²) in [7, 11) is 0. The van der Waals surface area contributed by atoms with E-state index in [0.29, 0.717) is 5.56 Å². The number of hydrogen-bond donors (Lipinski definition) is 0. The Morgan fingerprint density at radius 1 is 1.31 bits per heavy atom. The van der Waals surface area contributed by atoms with Gasteiger partial charge in [-0.05, 0) is 17.7 Å². The van der Waals surface area contributed by atoms with Gasteiger partial charge in [0.15, 0.2) is 0 Å². The zero-order valence-corrected chi connectivity index (χ0v) is 10.2. The standard InChI is InChI=1S/C8H6Cl2NO4P/c9-16(10,14)15-8-3-1-7(2-4-8)5-6-11(12)13/h1-6H/b6-5+. The molecule has 0 spiro atoms. The first-order chi connectivity index (χ1) is 7.37. The van der Waals surface area contributed by atoms with Gasteiger partial charge in [0.1, 0.15) is 5.75 Å². The fourth-order valence-electron chi connectivity index (χ4n) is 0.909. The van der Waals surface area contributed by atoms with Crippen molar-refractivity contribution in [3.8, 4) is 5.75 Å². The SMILES string of the molecule is O=[N+]([O-])/C=C/c1ccc(OP(=O)(Cl)Cl)cc1. The molecule has 8 heteroatoms. The van der Waals surface area contributed by atoms with E-state index in [1.54, 1.807) is 12.1 Å². The Balaban J connectivity index is 2.76. The van der Waals surface area contributed by atoms with Gasteiger partial charge in [-0.2, -0.15) is 0 Å². The molecule has 0 aliphatic carbocycles. The van der Waals surface area contributed by atoms with Crippen LogP contribution >= 0.6 is 28.6 Å². The molecule has 0 heterocycles. The van der Waals surface area contributed by atoms with Crippen molar-refractivity contribution < 1.29 is 14.0 Å². The lowest BCUT2D eigenvalue weighted by Crippen LogP contribution is -1.84. The van der Waals surface area contributed by atoms with Gasteiger partial charge in [0.2, 0.25) is 6.20 Å². The van der Waals surface area contributed by atoms with E-state index in [4.69, 9.17) is 27.0 Å². The van der Waals surface area contributed by atoms with Gasteiger partial charge >= 0.3 is 6.07 Å². The summed E-state index contributed by atoms with van der Waals surface area (Å²) in [6, 6.07) is 5.99. The molecule has 0 saturated carbocycles. The number of nitrogens with zero attached hydrogens (tertiary/aromatic N) is 1. The normalized spacial score (nSPS) is 11.6. The summed E-state index contributed by atoms with van der Waals surface area (Å²) in [5.41, 5.74) is 0.600. The molecule has 16 heavy (non-hydrogen) atoms. The van der Waals surface area contributed by atoms with Crippen LogP contribution in [0.15, 0.2) is 30.5 Å². The van der Waals surface area contributed by atoms with Crippen LogP contribution in [0.1, 0.15) is 5.56 Å². The van der Waals surface area contributed by atoms with Gasteiger partial charge in [0.05, 0.1) is 4.92 Å². The van der Waals surface area contributed by atoms with Crippen LogP contribution in [-0.4, -0.2) is 4.92 Å². The molecule has 0 atom stereocenters. The maximum absolute atomic E-state index is 10.9. The predicted molar refractivity (Wildman–Crippen MR) is 62.4 cm³/mol. The minimum Gasteiger partial charge on any atom is -0.422 e. The molecule has 1 aromatic carbocycles. The van der Waals surface area contributed by atoms with Crippen LogP contribution in [0.5, 0.6) is 5.75 Å². The van der Waals surface area contributed by atoms with Gasteiger partial charge in [0.25, 0.3) is 0 Å². The van der Waals surface area contributed by atoms with Crippen LogP contribution in [0.25, 0.3) is 6.08 Å². The number of halogens is 2. The van der Waals surface area contributed by atoms with E-state index in [9.17, 15) is 14.7 Å². The zero-order chi connectivity index (χ0) is 12.2. The second kappa shape index (κ2) is 5.34. The average Bonchev–Trinajstić information content (AvgIpc) is 2.14. The van der Waals surface area contributed by atoms with Crippen LogP contribution in [-0.2, 0) is 4.57 Å². The van der Waals surface area contributed by atoms with E-state index < -0.39 is 11.0 Å². The smallest absolute Gasteiger partial charge is 0.422 e. The second-order valence-electron chi connectivity index (χ2n) is 2.68. The van der Waals surface area contributed by atoms with E-state index in [1.165, 1.54) is 18.2 Å². The first-order valence-corrected chi connectivity index (χ1v) is 7.41. The Hall–Kier alpha value is -1.03. The molecule has 1 rings (SSSR count). The van der Waals surface area contributed by atoms with E-state index >= 15 is 0 Å². The molecule has 1 aromatic rings. The summed E-state index contributed by atoms with van der Waals surface area (Å²) >= 11 is 10.4. The molecular formula is C8H6Cl2NO4P. The van der Waals surface area contributed by atoms with Crippen molar-refractivity contribution in [3.05, 3.63) is 46.1 Å². The molecular weight excluding hydrogens is 276 g/mol. The Morgan fingerprint density at radius 2 is 1.88 bits per heavy atom. The van der Waals surface area contributed by atoms with Gasteiger partial charge in [0, 0.05) is 28.6 Å². The molecule has 5 nitrogen and oxygen atoms in total. The molecule has 0 aliphatic rings. The number of hydrogen-bond acceptors (Lipinski definition) is 4. The molecule has 0 N–H and O–H groups in total. The lowest BCUT2D eigenvalue weighted by Gasteiger charge is -2.05. The molecule has 86 valence electrons. The van der Waals surface area contributed by atoms with Crippen molar-refractivity contribution in [2.45, 2.75) is 0 Å². The van der Waals surface area contributed by atoms with Crippen molar-refractivity contribution in [3.63, 3.8) is 0 Å². The maximum Gasteiger partial charge on any atom is 0.428 e. The summed E-state index contributed by atoms with van der Waals surface area (Å²) in [5.74, 6) is 0.228. The van der Waals surface area contributed by atoms with Gasteiger partial charge in [-0.1, -0.05) is 12.1 Å². The van der Waals surface area contributed by atoms with E-state index in [2.05, 4.69) is 0 Å². The molecule has 0 bridgehead atoms. The molecule has 0 fully saturated rings. The summed E-state index contributed by atoms with van der Waals surface area (Å²) in [5, 5.41) is 10.0. The molecule has 0 amide bonds. The maximum atomic E-state index is 10.9. The Bertz CT molecular complexity index is 454. The molecule has 0 aliphatic heterocycles. The van der Waals surface area contributed by atoms with Crippen LogP contribution in [0, 0.1) is 10.1 Å². The Kier molecular flexibility index (Phi) is 4.35. The van der Waals surface area contributed by atoms with Crippen LogP contribution in [0.2, 0.25) is 0 Å². The Labute approximate surface area is 101 Å². The predicted octanol–water partition coefficient (Wildman–Crippen LogP) is 3.90. The highest BCUT2D eigenvalue weighted by Gasteiger charge is 2.15. The van der Waals surface area contributed by atoms with Crippen molar-refractivity contribution >= 4 is 34.6 Å². The topological polar surface area (TPSA) is 69.4 Å². The minimum atomic E-state index is -3.62. The van der Waals surface area contributed by atoms with E-state index in [1.807, 2.05) is 0 Å². The average molecular weight is 282 g/mol. The Morgan fingerprint density at radius 3 is 2.31 bits per heavy atom. The van der Waals surface area contributed by atoms with Gasteiger partial charge in [-0.3, -0.25) is 10.1 Å². The van der Waals surface area contributed by atoms with E-state index in [0.717, 1.165) is 6.20 Å². The second-order valence-corrected chi connectivity index (χ2v) is 6.88. The fourth-order valence-corrected chi connectivity index (χ4v) is 1.75. The number of rotatable bonds is 4. The summed E-state index contributed by atoms with van der Waals surface area (Å²) in [6.07, 6.45) is -1.50. The lowest BCUT2D eigenvalue weighted by atomic mass is 10.2. The van der Waals surface area contributed by atoms with Gasteiger partial charge in [-0.15, -0.1) is 0 Å². The highest BCUT2D eigenvalue weighted by atomic mass is 35.9. The fraction of sp³-hybridized carbons (Fsp3) is 0. The molecule has 0 saturated heterocycles. The number of nitro groups is 1. The quantitative estimate of drug-likeness (QED) is 0.477. The summed E-state index contributed by atoms with van der Waals surface area (Å²) < 4.78 is 15.6. The third kappa shape index (κ3) is 5.16. The third-order valence-corrected chi connectivity index (χ3v) is 2.32. The van der Waals surface area contributed by atoms with Gasteiger partial charge < -0.3 is 4.52 Å². The lowest BCUT2D eigenvalue weighted by molar-refractivity contribution is -0.400. The first-order valence-electron chi connectivity index (χ1n) is 3.97. The van der Waals surface area contributed by atoms with Crippen LogP contribution in [0.3, 0.4) is 0 Å². The minimum absolute atomic E-state index is 0.228. The zero-order valence-electron chi connectivity index (χ0n) is 7.75. The van der Waals surface area contributed by atoms with Gasteiger partial charge in [-0.25, -0.2) is 4.57 Å². The van der Waals surface area contributed by atoms with Crippen LogP contribution in [0.4, 0.5) is 0 Å². The first kappa shape index (κ1) is 13.0. The summed E-state index contributed by atoms with van der Waals surface area (Å²) in [4.78, 5) is 9.48. The van der Waals surface area contributed by atoms with Crippen molar-refractivity contribution in [1.82, 2.24) is 0 Å². The number of benzene rings is 1. The van der Waals surface area contributed by atoms with Crippen molar-refractivity contribution in [2.24, 2.45) is 0 Å². The highest BCUT2D eigenvalue weighted by Crippen LogP contribution is 2.57.